The molecule has 1 aliphatic rings. The molecule has 0 radical (unpaired) electrons. The Labute approximate surface area is 129 Å². The summed E-state index contributed by atoms with van der Waals surface area (Å²) in [5.41, 5.74) is 2.82. The second kappa shape index (κ2) is 9.19. The van der Waals surface area contributed by atoms with E-state index in [1.54, 1.807) is 0 Å². The zero-order valence-electron chi connectivity index (χ0n) is 13.4. The van der Waals surface area contributed by atoms with Gasteiger partial charge in [0.1, 0.15) is 0 Å². The fourth-order valence-corrected chi connectivity index (χ4v) is 2.86. The molecule has 0 fully saturated rings. The summed E-state index contributed by atoms with van der Waals surface area (Å²) < 4.78 is 11.7. The Balaban J connectivity index is 1.81. The lowest BCUT2D eigenvalue weighted by Crippen LogP contribution is -2.32. The van der Waals surface area contributed by atoms with Gasteiger partial charge < -0.3 is 14.8 Å². The quantitative estimate of drug-likeness (QED) is 0.669. The minimum atomic E-state index is 0.240. The first-order valence-electron chi connectivity index (χ1n) is 8.37. The third kappa shape index (κ3) is 4.80. The van der Waals surface area contributed by atoms with Crippen LogP contribution in [0.5, 0.6) is 0 Å². The molecule has 0 aromatic heterocycles. The van der Waals surface area contributed by atoms with E-state index >= 15 is 0 Å². The molecule has 2 rings (SSSR count). The number of nitrogens with one attached hydrogen (secondary N) is 1. The molecule has 1 aliphatic carbocycles. The van der Waals surface area contributed by atoms with E-state index in [4.69, 9.17) is 9.47 Å². The normalized spacial score (nSPS) is 20.7. The number of hydrogen-bond acceptors (Lipinski definition) is 3. The number of benzene rings is 1. The maximum absolute atomic E-state index is 6.09. The molecule has 3 heteroatoms. The predicted molar refractivity (Wildman–Crippen MR) is 86.6 cm³/mol. The molecule has 21 heavy (non-hydrogen) atoms. The minimum Gasteiger partial charge on any atom is -0.379 e. The monoisotopic (exact) mass is 291 g/mol. The van der Waals surface area contributed by atoms with Crippen LogP contribution >= 0.6 is 0 Å². The molecule has 118 valence electrons. The SMILES string of the molecule is CCCCOCCOC1Cc2ccccc2C1NCCC. The van der Waals surface area contributed by atoms with Gasteiger partial charge in [0, 0.05) is 13.0 Å². The maximum atomic E-state index is 6.09. The summed E-state index contributed by atoms with van der Waals surface area (Å²) in [6, 6.07) is 9.01. The zero-order chi connectivity index (χ0) is 14.9. The third-order valence-corrected chi connectivity index (χ3v) is 4.00. The van der Waals surface area contributed by atoms with Crippen LogP contribution in [0.1, 0.15) is 50.3 Å². The van der Waals surface area contributed by atoms with Crippen LogP contribution in [0.2, 0.25) is 0 Å². The lowest BCUT2D eigenvalue weighted by atomic mass is 10.1. The molecule has 2 atom stereocenters. The third-order valence-electron chi connectivity index (χ3n) is 4.00. The van der Waals surface area contributed by atoms with Crippen LogP contribution in [0.4, 0.5) is 0 Å². The molecule has 1 N–H and O–H groups in total. The van der Waals surface area contributed by atoms with E-state index in [-0.39, 0.29) is 6.10 Å². The molecule has 1 aromatic rings. The van der Waals surface area contributed by atoms with Gasteiger partial charge in [0.2, 0.25) is 0 Å². The average molecular weight is 291 g/mol. The van der Waals surface area contributed by atoms with Crippen molar-refractivity contribution in [1.82, 2.24) is 5.32 Å². The number of fused-ring (bicyclic) bond motifs is 1. The maximum Gasteiger partial charge on any atom is 0.0811 e. The van der Waals surface area contributed by atoms with Crippen molar-refractivity contribution in [2.24, 2.45) is 0 Å². The molecule has 0 amide bonds. The van der Waals surface area contributed by atoms with Gasteiger partial charge in [0.15, 0.2) is 0 Å². The second-order valence-corrected chi connectivity index (χ2v) is 5.71. The summed E-state index contributed by atoms with van der Waals surface area (Å²) >= 11 is 0. The highest BCUT2D eigenvalue weighted by Gasteiger charge is 2.32. The number of unbranched alkanes of at least 4 members (excludes halogenated alkanes) is 1. The van der Waals surface area contributed by atoms with Gasteiger partial charge in [-0.15, -0.1) is 0 Å². The highest BCUT2D eigenvalue weighted by Crippen LogP contribution is 2.33. The lowest BCUT2D eigenvalue weighted by molar-refractivity contribution is -0.00660. The smallest absolute Gasteiger partial charge is 0.0811 e. The molecule has 0 saturated carbocycles. The summed E-state index contributed by atoms with van der Waals surface area (Å²) in [4.78, 5) is 0. The Bertz CT molecular complexity index is 408. The summed E-state index contributed by atoms with van der Waals surface area (Å²) in [6.45, 7) is 7.65. The number of rotatable bonds is 10. The predicted octanol–water partition coefficient (Wildman–Crippen LogP) is 3.49. The van der Waals surface area contributed by atoms with Crippen LogP contribution in [0.3, 0.4) is 0 Å². The summed E-state index contributed by atoms with van der Waals surface area (Å²) in [5.74, 6) is 0. The Morgan fingerprint density at radius 1 is 1.10 bits per heavy atom. The van der Waals surface area contributed by atoms with E-state index in [9.17, 15) is 0 Å². The Hall–Kier alpha value is -0.900. The van der Waals surface area contributed by atoms with E-state index in [0.29, 0.717) is 19.3 Å². The molecule has 0 bridgehead atoms. The molecular weight excluding hydrogens is 262 g/mol. The average Bonchev–Trinajstić information content (AvgIpc) is 2.86. The van der Waals surface area contributed by atoms with Crippen LogP contribution in [0.25, 0.3) is 0 Å². The lowest BCUT2D eigenvalue weighted by Gasteiger charge is -2.22. The van der Waals surface area contributed by atoms with Gasteiger partial charge in [-0.25, -0.2) is 0 Å². The van der Waals surface area contributed by atoms with Gasteiger partial charge in [-0.1, -0.05) is 44.5 Å². The van der Waals surface area contributed by atoms with Crippen LogP contribution in [-0.4, -0.2) is 32.5 Å². The zero-order valence-corrected chi connectivity index (χ0v) is 13.4. The molecule has 1 aromatic carbocycles. The van der Waals surface area contributed by atoms with Crippen molar-refractivity contribution in [2.45, 2.75) is 51.7 Å². The van der Waals surface area contributed by atoms with Crippen LogP contribution in [-0.2, 0) is 15.9 Å². The molecule has 2 unspecified atom stereocenters. The van der Waals surface area contributed by atoms with E-state index in [1.165, 1.54) is 17.5 Å². The first-order valence-corrected chi connectivity index (χ1v) is 8.37. The van der Waals surface area contributed by atoms with Crippen molar-refractivity contribution in [2.75, 3.05) is 26.4 Å². The van der Waals surface area contributed by atoms with Crippen molar-refractivity contribution in [1.29, 1.82) is 0 Å². The standard InChI is InChI=1S/C18H29NO2/c1-3-5-11-20-12-13-21-17-14-15-8-6-7-9-16(15)18(17)19-10-4-2/h6-9,17-19H,3-5,10-14H2,1-2H3. The molecule has 0 saturated heterocycles. The molecule has 3 nitrogen and oxygen atoms in total. The van der Waals surface area contributed by atoms with Crippen molar-refractivity contribution in [3.05, 3.63) is 35.4 Å². The molecular formula is C18H29NO2. The number of ether oxygens (including phenoxy) is 2. The van der Waals surface area contributed by atoms with Crippen molar-refractivity contribution >= 4 is 0 Å². The Morgan fingerprint density at radius 3 is 2.76 bits per heavy atom. The topological polar surface area (TPSA) is 30.5 Å². The fourth-order valence-electron chi connectivity index (χ4n) is 2.86. The van der Waals surface area contributed by atoms with Crippen molar-refractivity contribution in [3.63, 3.8) is 0 Å². The van der Waals surface area contributed by atoms with Crippen LogP contribution < -0.4 is 5.32 Å². The summed E-state index contributed by atoms with van der Waals surface area (Å²) in [5, 5.41) is 3.63. The van der Waals surface area contributed by atoms with Gasteiger partial charge in [0.25, 0.3) is 0 Å². The molecule has 0 heterocycles. The molecule has 0 spiro atoms. The highest BCUT2D eigenvalue weighted by atomic mass is 16.5. The first-order chi connectivity index (χ1) is 10.4. The molecule has 0 aliphatic heterocycles. The van der Waals surface area contributed by atoms with Gasteiger partial charge in [-0.2, -0.15) is 0 Å². The van der Waals surface area contributed by atoms with E-state index < -0.39 is 0 Å². The van der Waals surface area contributed by atoms with E-state index in [0.717, 1.165) is 32.4 Å². The second-order valence-electron chi connectivity index (χ2n) is 5.71. The van der Waals surface area contributed by atoms with E-state index in [2.05, 4.69) is 43.4 Å². The summed E-state index contributed by atoms with van der Waals surface area (Å²) in [7, 11) is 0. The van der Waals surface area contributed by atoms with E-state index in [1.807, 2.05) is 0 Å². The van der Waals surface area contributed by atoms with Crippen LogP contribution in [0, 0.1) is 0 Å². The largest absolute Gasteiger partial charge is 0.379 e. The number of hydrogen-bond donors (Lipinski definition) is 1. The van der Waals surface area contributed by atoms with Gasteiger partial charge in [-0.05, 0) is 30.5 Å². The Kier molecular flexibility index (Phi) is 7.20. The van der Waals surface area contributed by atoms with Crippen LogP contribution in [0.15, 0.2) is 24.3 Å². The first kappa shape index (κ1) is 16.5. The fraction of sp³-hybridized carbons (Fsp3) is 0.667. The summed E-state index contributed by atoms with van der Waals surface area (Å²) in [6.07, 6.45) is 4.71. The van der Waals surface area contributed by atoms with Crippen molar-refractivity contribution < 1.29 is 9.47 Å². The Morgan fingerprint density at radius 2 is 1.95 bits per heavy atom. The minimum absolute atomic E-state index is 0.240. The van der Waals surface area contributed by atoms with Gasteiger partial charge in [-0.3, -0.25) is 0 Å². The van der Waals surface area contributed by atoms with Gasteiger partial charge >= 0.3 is 0 Å². The van der Waals surface area contributed by atoms with Gasteiger partial charge in [0.05, 0.1) is 25.4 Å². The highest BCUT2D eigenvalue weighted by molar-refractivity contribution is 5.36. The van der Waals surface area contributed by atoms with Crippen molar-refractivity contribution in [3.8, 4) is 0 Å².